The van der Waals surface area contributed by atoms with Gasteiger partial charge in [-0.2, -0.15) is 0 Å². The summed E-state index contributed by atoms with van der Waals surface area (Å²) < 4.78 is 0. The van der Waals surface area contributed by atoms with Crippen LogP contribution in [-0.2, 0) is 6.54 Å². The summed E-state index contributed by atoms with van der Waals surface area (Å²) in [4.78, 5) is 16.2. The molecule has 0 atom stereocenters. The normalized spacial score (nSPS) is 11.0. The quantitative estimate of drug-likeness (QED) is 0.906. The Bertz CT molecular complexity index is 586. The fraction of sp³-hybridized carbons (Fsp3) is 0.294. The maximum absolute atomic E-state index is 12.0. The molecule has 1 aromatic carbocycles. The summed E-state index contributed by atoms with van der Waals surface area (Å²) in [7, 11) is 0. The first-order valence-electron chi connectivity index (χ1n) is 7.00. The summed E-state index contributed by atoms with van der Waals surface area (Å²) in [6.45, 7) is 6.73. The van der Waals surface area contributed by atoms with Gasteiger partial charge in [-0.05, 0) is 38.5 Å². The van der Waals surface area contributed by atoms with Crippen LogP contribution in [0.5, 0.6) is 0 Å². The lowest BCUT2D eigenvalue weighted by molar-refractivity contribution is 0.0946. The Morgan fingerprint density at radius 1 is 1.10 bits per heavy atom. The summed E-state index contributed by atoms with van der Waals surface area (Å²) in [6, 6.07) is 13.4. The molecule has 0 aliphatic rings. The Labute approximate surface area is 125 Å². The molecule has 0 spiro atoms. The smallest absolute Gasteiger partial charge is 0.270 e. The van der Waals surface area contributed by atoms with Crippen LogP contribution in [0, 0.1) is 0 Å². The van der Waals surface area contributed by atoms with Gasteiger partial charge in [0, 0.05) is 12.1 Å². The average molecular weight is 283 g/mol. The highest BCUT2D eigenvalue weighted by molar-refractivity contribution is 5.92. The van der Waals surface area contributed by atoms with Gasteiger partial charge in [-0.15, -0.1) is 0 Å². The molecule has 0 bridgehead atoms. The van der Waals surface area contributed by atoms with Crippen molar-refractivity contribution in [3.05, 3.63) is 59.9 Å². The maximum atomic E-state index is 12.0. The molecule has 0 saturated carbocycles. The fourth-order valence-electron chi connectivity index (χ4n) is 1.90. The molecular formula is C17H21N3O. The van der Waals surface area contributed by atoms with Gasteiger partial charge in [0.05, 0.1) is 11.9 Å². The van der Waals surface area contributed by atoms with Crippen molar-refractivity contribution in [3.63, 3.8) is 0 Å². The number of nitrogens with zero attached hydrogens (tertiary/aromatic N) is 1. The van der Waals surface area contributed by atoms with Crippen LogP contribution in [0.15, 0.2) is 48.7 Å². The average Bonchev–Trinajstić information content (AvgIpc) is 2.45. The first-order valence-corrected chi connectivity index (χ1v) is 7.00. The topological polar surface area (TPSA) is 54.0 Å². The molecule has 110 valence electrons. The lowest BCUT2D eigenvalue weighted by atomic mass is 10.1. The van der Waals surface area contributed by atoms with E-state index >= 15 is 0 Å². The third kappa shape index (κ3) is 4.91. The maximum Gasteiger partial charge on any atom is 0.270 e. The van der Waals surface area contributed by atoms with Crippen LogP contribution in [0.1, 0.15) is 36.8 Å². The molecule has 0 radical (unpaired) electrons. The monoisotopic (exact) mass is 283 g/mol. The van der Waals surface area contributed by atoms with E-state index in [9.17, 15) is 4.79 Å². The van der Waals surface area contributed by atoms with Crippen LogP contribution in [0.2, 0.25) is 0 Å². The Morgan fingerprint density at radius 3 is 2.38 bits per heavy atom. The van der Waals surface area contributed by atoms with Crippen molar-refractivity contribution in [2.24, 2.45) is 0 Å². The van der Waals surface area contributed by atoms with Crippen LogP contribution in [0.4, 0.5) is 5.69 Å². The van der Waals surface area contributed by atoms with E-state index in [-0.39, 0.29) is 11.4 Å². The molecule has 21 heavy (non-hydrogen) atoms. The lowest BCUT2D eigenvalue weighted by Crippen LogP contribution is -2.26. The van der Waals surface area contributed by atoms with E-state index in [1.807, 2.05) is 36.4 Å². The third-order valence-corrected chi connectivity index (χ3v) is 2.81. The largest absolute Gasteiger partial charge is 0.379 e. The van der Waals surface area contributed by atoms with E-state index in [4.69, 9.17) is 0 Å². The molecule has 1 aromatic heterocycles. The number of anilines is 1. The summed E-state index contributed by atoms with van der Waals surface area (Å²) >= 11 is 0. The second-order valence-electron chi connectivity index (χ2n) is 5.98. The molecule has 1 heterocycles. The number of hydrogen-bond acceptors (Lipinski definition) is 3. The number of carbonyl (C=O) groups is 1. The second kappa shape index (κ2) is 6.39. The van der Waals surface area contributed by atoms with Crippen LogP contribution in [-0.4, -0.2) is 16.4 Å². The zero-order chi connectivity index (χ0) is 15.3. The first kappa shape index (κ1) is 15.0. The zero-order valence-corrected chi connectivity index (χ0v) is 12.7. The van der Waals surface area contributed by atoms with E-state index in [1.165, 1.54) is 0 Å². The summed E-state index contributed by atoms with van der Waals surface area (Å²) in [6.07, 6.45) is 1.68. The van der Waals surface area contributed by atoms with Crippen LogP contribution < -0.4 is 10.6 Å². The first-order chi connectivity index (χ1) is 9.94. The minimum Gasteiger partial charge on any atom is -0.379 e. The molecule has 2 aromatic rings. The SMILES string of the molecule is CC(C)(C)Nc1ccc(C(=O)NCc2ccccc2)nc1. The van der Waals surface area contributed by atoms with Gasteiger partial charge in [0.1, 0.15) is 5.69 Å². The molecule has 0 aliphatic carbocycles. The fourth-order valence-corrected chi connectivity index (χ4v) is 1.90. The Morgan fingerprint density at radius 2 is 1.81 bits per heavy atom. The molecular weight excluding hydrogens is 262 g/mol. The van der Waals surface area contributed by atoms with Gasteiger partial charge in [-0.1, -0.05) is 30.3 Å². The number of carbonyl (C=O) groups excluding carboxylic acids is 1. The highest BCUT2D eigenvalue weighted by atomic mass is 16.1. The predicted molar refractivity (Wildman–Crippen MR) is 85.2 cm³/mol. The molecule has 0 saturated heterocycles. The van der Waals surface area contributed by atoms with E-state index in [1.54, 1.807) is 12.3 Å². The zero-order valence-electron chi connectivity index (χ0n) is 12.7. The minimum atomic E-state index is -0.166. The minimum absolute atomic E-state index is 0.0290. The molecule has 4 heteroatoms. The third-order valence-electron chi connectivity index (χ3n) is 2.81. The number of rotatable bonds is 4. The van der Waals surface area contributed by atoms with E-state index in [0.717, 1.165) is 11.3 Å². The molecule has 0 fully saturated rings. The van der Waals surface area contributed by atoms with Crippen molar-refractivity contribution < 1.29 is 4.79 Å². The summed E-state index contributed by atoms with van der Waals surface area (Å²) in [5, 5.41) is 6.17. The van der Waals surface area contributed by atoms with Crippen LogP contribution in [0.25, 0.3) is 0 Å². The number of benzene rings is 1. The number of nitrogens with one attached hydrogen (secondary N) is 2. The standard InChI is InChI=1S/C17H21N3O/c1-17(2,3)20-14-9-10-15(18-12-14)16(21)19-11-13-7-5-4-6-8-13/h4-10,12,20H,11H2,1-3H3,(H,19,21). The predicted octanol–water partition coefficient (Wildman–Crippen LogP) is 3.22. The van der Waals surface area contributed by atoms with Gasteiger partial charge in [-0.25, -0.2) is 4.98 Å². The highest BCUT2D eigenvalue weighted by Crippen LogP contribution is 2.13. The Hall–Kier alpha value is -2.36. The van der Waals surface area contributed by atoms with Crippen molar-refractivity contribution in [3.8, 4) is 0 Å². The highest BCUT2D eigenvalue weighted by Gasteiger charge is 2.11. The van der Waals surface area contributed by atoms with Gasteiger partial charge >= 0.3 is 0 Å². The second-order valence-corrected chi connectivity index (χ2v) is 5.98. The van der Waals surface area contributed by atoms with Gasteiger partial charge in [0.25, 0.3) is 5.91 Å². The molecule has 4 nitrogen and oxygen atoms in total. The van der Waals surface area contributed by atoms with Crippen LogP contribution >= 0.6 is 0 Å². The number of pyridine rings is 1. The van der Waals surface area contributed by atoms with Gasteiger partial charge in [0.15, 0.2) is 0 Å². The van der Waals surface area contributed by atoms with Gasteiger partial charge < -0.3 is 10.6 Å². The summed E-state index contributed by atoms with van der Waals surface area (Å²) in [5.41, 5.74) is 2.36. The van der Waals surface area contributed by atoms with Crippen LogP contribution in [0.3, 0.4) is 0 Å². The van der Waals surface area contributed by atoms with Crippen molar-refractivity contribution in [2.75, 3.05) is 5.32 Å². The lowest BCUT2D eigenvalue weighted by Gasteiger charge is -2.21. The van der Waals surface area contributed by atoms with Gasteiger partial charge in [-0.3, -0.25) is 4.79 Å². The molecule has 2 rings (SSSR count). The number of hydrogen-bond donors (Lipinski definition) is 2. The van der Waals surface area contributed by atoms with E-state index in [0.29, 0.717) is 12.2 Å². The van der Waals surface area contributed by atoms with E-state index in [2.05, 4.69) is 36.4 Å². The van der Waals surface area contributed by atoms with Crippen molar-refractivity contribution in [1.82, 2.24) is 10.3 Å². The molecule has 0 aliphatic heterocycles. The van der Waals surface area contributed by atoms with Gasteiger partial charge in [0.2, 0.25) is 0 Å². The van der Waals surface area contributed by atoms with Crippen molar-refractivity contribution in [1.29, 1.82) is 0 Å². The van der Waals surface area contributed by atoms with E-state index < -0.39 is 0 Å². The van der Waals surface area contributed by atoms with Crippen molar-refractivity contribution in [2.45, 2.75) is 32.9 Å². The molecule has 0 unspecified atom stereocenters. The number of amides is 1. The molecule has 1 amide bonds. The van der Waals surface area contributed by atoms with Crippen molar-refractivity contribution >= 4 is 11.6 Å². The Kier molecular flexibility index (Phi) is 4.58. The summed E-state index contributed by atoms with van der Waals surface area (Å²) in [5.74, 6) is -0.166. The number of aromatic nitrogens is 1. The molecule has 2 N–H and O–H groups in total. The Balaban J connectivity index is 1.94.